The predicted molar refractivity (Wildman–Crippen MR) is 80.8 cm³/mol. The Kier molecular flexibility index (Phi) is 7.10. The van der Waals surface area contributed by atoms with Crippen LogP contribution in [0.5, 0.6) is 6.01 Å². The van der Waals surface area contributed by atoms with Gasteiger partial charge >= 0.3 is 6.01 Å². The molecule has 1 aromatic rings. The Labute approximate surface area is 125 Å². The van der Waals surface area contributed by atoms with Crippen molar-refractivity contribution in [1.82, 2.24) is 15.0 Å². The fourth-order valence-electron chi connectivity index (χ4n) is 1.49. The molecule has 1 atom stereocenters. The van der Waals surface area contributed by atoms with Gasteiger partial charge in [0.1, 0.15) is 0 Å². The summed E-state index contributed by atoms with van der Waals surface area (Å²) in [6, 6.07) is 0.259. The van der Waals surface area contributed by atoms with Crippen molar-refractivity contribution in [2.24, 2.45) is 0 Å². The molecule has 0 spiro atoms. The van der Waals surface area contributed by atoms with E-state index in [-0.39, 0.29) is 6.01 Å². The highest BCUT2D eigenvalue weighted by molar-refractivity contribution is 5.35. The molecule has 0 saturated heterocycles. The van der Waals surface area contributed by atoms with Gasteiger partial charge < -0.3 is 25.2 Å². The van der Waals surface area contributed by atoms with Gasteiger partial charge in [-0.05, 0) is 13.3 Å². The maximum absolute atomic E-state index is 10.2. The monoisotopic (exact) mass is 299 g/mol. The highest BCUT2D eigenvalue weighted by atomic mass is 16.5. The number of hydrogen-bond donors (Lipinski definition) is 3. The molecule has 0 bridgehead atoms. The predicted octanol–water partition coefficient (Wildman–Crippen LogP) is 0.901. The summed E-state index contributed by atoms with van der Waals surface area (Å²) < 4.78 is 10.4. The summed E-state index contributed by atoms with van der Waals surface area (Å²) in [6.07, 6.45) is 1.38. The maximum Gasteiger partial charge on any atom is 0.323 e. The first-order valence-electron chi connectivity index (χ1n) is 7.02. The second-order valence-corrected chi connectivity index (χ2v) is 4.96. The van der Waals surface area contributed by atoms with Gasteiger partial charge in [-0.2, -0.15) is 15.0 Å². The molecule has 21 heavy (non-hydrogen) atoms. The number of methoxy groups -OCH3 is 1. The molecule has 0 aromatic carbocycles. The second kappa shape index (κ2) is 8.58. The highest BCUT2D eigenvalue weighted by Gasteiger charge is 2.20. The van der Waals surface area contributed by atoms with Crippen LogP contribution in [0.4, 0.5) is 11.9 Å². The SMILES string of the molecule is CCCOc1nc(NC)nc(NCC(C)(O)CCOC)n1. The molecule has 1 aromatic heterocycles. The third-order valence-corrected chi connectivity index (χ3v) is 2.75. The fourth-order valence-corrected chi connectivity index (χ4v) is 1.49. The number of nitrogens with zero attached hydrogens (tertiary/aromatic N) is 3. The van der Waals surface area contributed by atoms with Gasteiger partial charge in [-0.1, -0.05) is 6.92 Å². The van der Waals surface area contributed by atoms with Crippen LogP contribution in [0, 0.1) is 0 Å². The Morgan fingerprint density at radius 1 is 1.19 bits per heavy atom. The van der Waals surface area contributed by atoms with Gasteiger partial charge in [-0.3, -0.25) is 0 Å². The average molecular weight is 299 g/mol. The first kappa shape index (κ1) is 17.4. The third-order valence-electron chi connectivity index (χ3n) is 2.75. The molecule has 8 heteroatoms. The standard InChI is InChI=1S/C13H25N5O3/c1-5-7-21-12-17-10(14-3)16-11(18-12)15-9-13(2,19)6-8-20-4/h19H,5-9H2,1-4H3,(H2,14,15,16,17,18). The second-order valence-electron chi connectivity index (χ2n) is 4.96. The van der Waals surface area contributed by atoms with E-state index in [4.69, 9.17) is 9.47 Å². The normalized spacial score (nSPS) is 13.6. The summed E-state index contributed by atoms with van der Waals surface area (Å²) in [5.74, 6) is 0.772. The minimum absolute atomic E-state index is 0.259. The van der Waals surface area contributed by atoms with Crippen molar-refractivity contribution in [3.05, 3.63) is 0 Å². The van der Waals surface area contributed by atoms with Crippen molar-refractivity contribution < 1.29 is 14.6 Å². The van der Waals surface area contributed by atoms with E-state index in [1.165, 1.54) is 0 Å². The van der Waals surface area contributed by atoms with Crippen molar-refractivity contribution in [2.75, 3.05) is 44.5 Å². The molecule has 1 rings (SSSR count). The number of anilines is 2. The zero-order valence-electron chi connectivity index (χ0n) is 13.1. The van der Waals surface area contributed by atoms with Gasteiger partial charge in [0, 0.05) is 33.7 Å². The van der Waals surface area contributed by atoms with Crippen LogP contribution in [-0.2, 0) is 4.74 Å². The molecule has 8 nitrogen and oxygen atoms in total. The van der Waals surface area contributed by atoms with Crippen LogP contribution >= 0.6 is 0 Å². The summed E-state index contributed by atoms with van der Waals surface area (Å²) in [7, 11) is 3.32. The third kappa shape index (κ3) is 6.54. The Bertz CT molecular complexity index is 428. The number of rotatable bonds is 10. The van der Waals surface area contributed by atoms with E-state index >= 15 is 0 Å². The molecule has 0 radical (unpaired) electrons. The largest absolute Gasteiger partial charge is 0.463 e. The number of aliphatic hydroxyl groups is 1. The Hall–Kier alpha value is -1.67. The zero-order valence-corrected chi connectivity index (χ0v) is 13.1. The Morgan fingerprint density at radius 3 is 2.52 bits per heavy atom. The van der Waals surface area contributed by atoms with Crippen LogP contribution in [0.25, 0.3) is 0 Å². The van der Waals surface area contributed by atoms with Crippen molar-refractivity contribution >= 4 is 11.9 Å². The molecule has 1 heterocycles. The fraction of sp³-hybridized carbons (Fsp3) is 0.769. The number of ether oxygens (including phenoxy) is 2. The molecule has 0 amide bonds. The summed E-state index contributed by atoms with van der Waals surface area (Å²) in [5.41, 5.74) is -0.910. The number of aromatic nitrogens is 3. The van der Waals surface area contributed by atoms with Gasteiger partial charge in [-0.25, -0.2) is 0 Å². The van der Waals surface area contributed by atoms with Gasteiger partial charge in [0.2, 0.25) is 11.9 Å². The van der Waals surface area contributed by atoms with E-state index in [0.29, 0.717) is 38.1 Å². The van der Waals surface area contributed by atoms with Gasteiger partial charge in [0.15, 0.2) is 0 Å². The molecule has 0 fully saturated rings. The molecular formula is C13H25N5O3. The highest BCUT2D eigenvalue weighted by Crippen LogP contribution is 2.14. The van der Waals surface area contributed by atoms with E-state index in [1.807, 2.05) is 6.92 Å². The minimum atomic E-state index is -0.910. The number of nitrogens with one attached hydrogen (secondary N) is 2. The van der Waals surface area contributed by atoms with Crippen molar-refractivity contribution in [3.8, 4) is 6.01 Å². The minimum Gasteiger partial charge on any atom is -0.463 e. The van der Waals surface area contributed by atoms with E-state index in [1.54, 1.807) is 21.1 Å². The van der Waals surface area contributed by atoms with Crippen LogP contribution in [0.3, 0.4) is 0 Å². The van der Waals surface area contributed by atoms with Crippen LogP contribution in [0.2, 0.25) is 0 Å². The average Bonchev–Trinajstić information content (AvgIpc) is 2.49. The summed E-state index contributed by atoms with van der Waals surface area (Å²) in [6.45, 7) is 5.06. The summed E-state index contributed by atoms with van der Waals surface area (Å²) >= 11 is 0. The van der Waals surface area contributed by atoms with Crippen LogP contribution < -0.4 is 15.4 Å². The van der Waals surface area contributed by atoms with Crippen molar-refractivity contribution in [1.29, 1.82) is 0 Å². The van der Waals surface area contributed by atoms with Gasteiger partial charge in [0.25, 0.3) is 0 Å². The van der Waals surface area contributed by atoms with Crippen LogP contribution in [0.1, 0.15) is 26.7 Å². The smallest absolute Gasteiger partial charge is 0.323 e. The van der Waals surface area contributed by atoms with E-state index < -0.39 is 5.60 Å². The van der Waals surface area contributed by atoms with Crippen LogP contribution in [-0.4, -0.2) is 59.6 Å². The lowest BCUT2D eigenvalue weighted by molar-refractivity contribution is 0.0356. The quantitative estimate of drug-likeness (QED) is 0.586. The maximum atomic E-state index is 10.2. The van der Waals surface area contributed by atoms with Gasteiger partial charge in [0.05, 0.1) is 12.2 Å². The van der Waals surface area contributed by atoms with E-state index in [9.17, 15) is 5.11 Å². The lowest BCUT2D eigenvalue weighted by Gasteiger charge is -2.23. The van der Waals surface area contributed by atoms with E-state index in [0.717, 1.165) is 6.42 Å². The van der Waals surface area contributed by atoms with Gasteiger partial charge in [-0.15, -0.1) is 0 Å². The molecule has 120 valence electrons. The lowest BCUT2D eigenvalue weighted by atomic mass is 10.0. The number of hydrogen-bond acceptors (Lipinski definition) is 8. The Balaban J connectivity index is 2.68. The topological polar surface area (TPSA) is 101 Å². The first-order chi connectivity index (χ1) is 10.0. The summed E-state index contributed by atoms with van der Waals surface area (Å²) in [4.78, 5) is 12.4. The first-order valence-corrected chi connectivity index (χ1v) is 7.02. The molecule has 0 aliphatic heterocycles. The van der Waals surface area contributed by atoms with E-state index in [2.05, 4.69) is 25.6 Å². The molecular weight excluding hydrogens is 274 g/mol. The summed E-state index contributed by atoms with van der Waals surface area (Å²) in [5, 5.41) is 16.0. The van der Waals surface area contributed by atoms with Crippen LogP contribution in [0.15, 0.2) is 0 Å². The Morgan fingerprint density at radius 2 is 1.90 bits per heavy atom. The molecule has 0 saturated carbocycles. The lowest BCUT2D eigenvalue weighted by Crippen LogP contribution is -2.35. The molecule has 3 N–H and O–H groups in total. The van der Waals surface area contributed by atoms with Crippen molar-refractivity contribution in [3.63, 3.8) is 0 Å². The molecule has 1 unspecified atom stereocenters. The molecule has 0 aliphatic carbocycles. The molecule has 0 aliphatic rings. The van der Waals surface area contributed by atoms with Crippen molar-refractivity contribution in [2.45, 2.75) is 32.3 Å². The zero-order chi connectivity index (χ0) is 15.7.